The molecule has 1 atom stereocenters. The van der Waals surface area contributed by atoms with E-state index in [1.807, 2.05) is 19.9 Å². The highest BCUT2D eigenvalue weighted by molar-refractivity contribution is 5.66. The fraction of sp³-hybridized carbons (Fsp3) is 0.385. The minimum absolute atomic E-state index is 0.0377. The summed E-state index contributed by atoms with van der Waals surface area (Å²) in [6, 6.07) is 5.45. The van der Waals surface area contributed by atoms with E-state index in [-0.39, 0.29) is 12.5 Å². The average Bonchev–Trinajstić information content (AvgIpc) is 2.29. The standard InChI is InChI=1S/C13H16N2O2/c1-8-5-10(6-11(7-14)9(8)2)12(15)3-4-13(16)17/h5-6,12H,3-4,15H2,1-2H3,(H,16,17). The molecular formula is C13H16N2O2. The van der Waals surface area contributed by atoms with Crippen LogP contribution in [-0.4, -0.2) is 11.1 Å². The molecule has 0 saturated carbocycles. The van der Waals surface area contributed by atoms with E-state index in [0.29, 0.717) is 12.0 Å². The van der Waals surface area contributed by atoms with Crippen molar-refractivity contribution in [3.8, 4) is 6.07 Å². The molecule has 1 unspecified atom stereocenters. The molecule has 17 heavy (non-hydrogen) atoms. The van der Waals surface area contributed by atoms with Crippen LogP contribution in [0.15, 0.2) is 12.1 Å². The molecule has 0 radical (unpaired) electrons. The van der Waals surface area contributed by atoms with E-state index in [0.717, 1.165) is 16.7 Å². The Hall–Kier alpha value is -1.86. The minimum Gasteiger partial charge on any atom is -0.481 e. The number of carbonyl (C=O) groups is 1. The number of nitrogens with two attached hydrogens (primary N) is 1. The van der Waals surface area contributed by atoms with Gasteiger partial charge in [-0.05, 0) is 43.0 Å². The Morgan fingerprint density at radius 2 is 2.18 bits per heavy atom. The molecule has 3 N–H and O–H groups in total. The Balaban J connectivity index is 2.95. The van der Waals surface area contributed by atoms with Crippen molar-refractivity contribution < 1.29 is 9.90 Å². The lowest BCUT2D eigenvalue weighted by Crippen LogP contribution is -2.13. The van der Waals surface area contributed by atoms with Gasteiger partial charge in [-0.25, -0.2) is 0 Å². The van der Waals surface area contributed by atoms with Crippen molar-refractivity contribution in [1.82, 2.24) is 0 Å². The lowest BCUT2D eigenvalue weighted by atomic mass is 9.95. The van der Waals surface area contributed by atoms with Gasteiger partial charge in [-0.1, -0.05) is 6.07 Å². The zero-order valence-corrected chi connectivity index (χ0v) is 10.0. The van der Waals surface area contributed by atoms with E-state index >= 15 is 0 Å². The summed E-state index contributed by atoms with van der Waals surface area (Å²) in [5.74, 6) is -0.857. The van der Waals surface area contributed by atoms with Crippen molar-refractivity contribution in [3.05, 3.63) is 34.4 Å². The number of aryl methyl sites for hydroxylation is 1. The lowest BCUT2D eigenvalue weighted by Gasteiger charge is -2.13. The molecule has 1 rings (SSSR count). The Labute approximate surface area is 101 Å². The quantitative estimate of drug-likeness (QED) is 0.831. The van der Waals surface area contributed by atoms with Gasteiger partial charge in [0.15, 0.2) is 0 Å². The SMILES string of the molecule is Cc1cc(C(N)CCC(=O)O)cc(C#N)c1C. The normalized spacial score (nSPS) is 11.9. The molecule has 0 aromatic heterocycles. The number of carboxylic acids is 1. The van der Waals surface area contributed by atoms with E-state index in [2.05, 4.69) is 6.07 Å². The smallest absolute Gasteiger partial charge is 0.303 e. The van der Waals surface area contributed by atoms with Crippen molar-refractivity contribution >= 4 is 5.97 Å². The molecule has 0 spiro atoms. The van der Waals surface area contributed by atoms with E-state index in [1.54, 1.807) is 6.07 Å². The van der Waals surface area contributed by atoms with Gasteiger partial charge in [0.25, 0.3) is 0 Å². The second-order valence-corrected chi connectivity index (χ2v) is 4.16. The molecule has 4 nitrogen and oxygen atoms in total. The Morgan fingerprint density at radius 3 is 2.71 bits per heavy atom. The monoisotopic (exact) mass is 232 g/mol. The minimum atomic E-state index is -0.857. The maximum absolute atomic E-state index is 10.5. The van der Waals surface area contributed by atoms with Crippen LogP contribution in [0.25, 0.3) is 0 Å². The van der Waals surface area contributed by atoms with Crippen LogP contribution < -0.4 is 5.73 Å². The van der Waals surface area contributed by atoms with Crippen molar-refractivity contribution in [2.75, 3.05) is 0 Å². The largest absolute Gasteiger partial charge is 0.481 e. The van der Waals surface area contributed by atoms with Crippen molar-refractivity contribution in [1.29, 1.82) is 5.26 Å². The molecule has 1 aromatic carbocycles. The number of nitriles is 1. The Kier molecular flexibility index (Phi) is 4.24. The summed E-state index contributed by atoms with van der Waals surface area (Å²) >= 11 is 0. The molecule has 0 aliphatic carbocycles. The first-order valence-electron chi connectivity index (χ1n) is 5.44. The van der Waals surface area contributed by atoms with Crippen molar-refractivity contribution in [2.24, 2.45) is 5.73 Å². The summed E-state index contributed by atoms with van der Waals surface area (Å²) in [6.45, 7) is 3.81. The van der Waals surface area contributed by atoms with E-state index in [4.69, 9.17) is 16.1 Å². The number of aliphatic carboxylic acids is 1. The third-order valence-electron chi connectivity index (χ3n) is 2.91. The average molecular weight is 232 g/mol. The third kappa shape index (κ3) is 3.30. The van der Waals surface area contributed by atoms with E-state index in [1.165, 1.54) is 0 Å². The number of rotatable bonds is 4. The molecule has 0 fully saturated rings. The third-order valence-corrected chi connectivity index (χ3v) is 2.91. The van der Waals surface area contributed by atoms with Crippen LogP contribution in [-0.2, 0) is 4.79 Å². The van der Waals surface area contributed by atoms with Crippen LogP contribution in [0.2, 0.25) is 0 Å². The summed E-state index contributed by atoms with van der Waals surface area (Å²) < 4.78 is 0. The van der Waals surface area contributed by atoms with Gasteiger partial charge >= 0.3 is 5.97 Å². The second-order valence-electron chi connectivity index (χ2n) is 4.16. The Morgan fingerprint density at radius 1 is 1.53 bits per heavy atom. The molecule has 0 amide bonds. The summed E-state index contributed by atoms with van der Waals surface area (Å²) in [6.07, 6.45) is 0.415. The maximum Gasteiger partial charge on any atom is 0.303 e. The van der Waals surface area contributed by atoms with Crippen LogP contribution in [0.3, 0.4) is 0 Å². The summed E-state index contributed by atoms with van der Waals surface area (Å²) in [7, 11) is 0. The van der Waals surface area contributed by atoms with Crippen molar-refractivity contribution in [3.63, 3.8) is 0 Å². The second kappa shape index (κ2) is 5.46. The molecule has 4 heteroatoms. The number of hydrogen-bond donors (Lipinski definition) is 2. The predicted molar refractivity (Wildman–Crippen MR) is 64.4 cm³/mol. The first kappa shape index (κ1) is 13.2. The first-order chi connectivity index (χ1) is 7.95. The van der Waals surface area contributed by atoms with Crippen LogP contribution in [0.1, 0.15) is 41.1 Å². The van der Waals surface area contributed by atoms with Crippen LogP contribution in [0.4, 0.5) is 0 Å². The fourth-order valence-electron chi connectivity index (χ4n) is 1.66. The van der Waals surface area contributed by atoms with Gasteiger partial charge in [-0.15, -0.1) is 0 Å². The number of nitrogens with zero attached hydrogens (tertiary/aromatic N) is 1. The predicted octanol–water partition coefficient (Wildman–Crippen LogP) is 2.04. The number of carboxylic acid groups (broad SMARTS) is 1. The van der Waals surface area contributed by atoms with Gasteiger partial charge in [0.2, 0.25) is 0 Å². The summed E-state index contributed by atoms with van der Waals surface area (Å²) in [4.78, 5) is 10.5. The van der Waals surface area contributed by atoms with Gasteiger partial charge in [0.1, 0.15) is 0 Å². The van der Waals surface area contributed by atoms with Crippen LogP contribution >= 0.6 is 0 Å². The first-order valence-corrected chi connectivity index (χ1v) is 5.44. The highest BCUT2D eigenvalue weighted by atomic mass is 16.4. The molecule has 0 heterocycles. The van der Waals surface area contributed by atoms with Gasteiger partial charge in [0, 0.05) is 12.5 Å². The lowest BCUT2D eigenvalue weighted by molar-refractivity contribution is -0.137. The molecule has 90 valence electrons. The maximum atomic E-state index is 10.5. The fourth-order valence-corrected chi connectivity index (χ4v) is 1.66. The topological polar surface area (TPSA) is 87.1 Å². The molecule has 1 aromatic rings. The highest BCUT2D eigenvalue weighted by Crippen LogP contribution is 2.22. The Bertz CT molecular complexity index is 475. The molecule has 0 aliphatic rings. The molecule has 0 aliphatic heterocycles. The molecule has 0 bridgehead atoms. The van der Waals surface area contributed by atoms with Gasteiger partial charge in [-0.3, -0.25) is 4.79 Å². The number of hydrogen-bond acceptors (Lipinski definition) is 3. The molecule has 0 saturated heterocycles. The van der Waals surface area contributed by atoms with Crippen molar-refractivity contribution in [2.45, 2.75) is 32.7 Å². The van der Waals surface area contributed by atoms with Crippen LogP contribution in [0, 0.1) is 25.2 Å². The zero-order valence-electron chi connectivity index (χ0n) is 10.0. The molecular weight excluding hydrogens is 216 g/mol. The highest BCUT2D eigenvalue weighted by Gasteiger charge is 2.11. The summed E-state index contributed by atoms with van der Waals surface area (Å²) in [5, 5.41) is 17.6. The van der Waals surface area contributed by atoms with Gasteiger partial charge < -0.3 is 10.8 Å². The van der Waals surface area contributed by atoms with Crippen LogP contribution in [0.5, 0.6) is 0 Å². The summed E-state index contributed by atoms with van der Waals surface area (Å²) in [5.41, 5.74) is 9.29. The van der Waals surface area contributed by atoms with Gasteiger partial charge in [0.05, 0.1) is 11.6 Å². The number of benzene rings is 1. The zero-order chi connectivity index (χ0) is 13.0. The van der Waals surface area contributed by atoms with E-state index in [9.17, 15) is 4.79 Å². The van der Waals surface area contributed by atoms with E-state index < -0.39 is 5.97 Å². The van der Waals surface area contributed by atoms with Gasteiger partial charge in [-0.2, -0.15) is 5.26 Å².